The Morgan fingerprint density at radius 2 is 2.00 bits per heavy atom. The third-order valence-electron chi connectivity index (χ3n) is 3.40. The predicted molar refractivity (Wildman–Crippen MR) is 70.2 cm³/mol. The third-order valence-corrected chi connectivity index (χ3v) is 3.40. The molecule has 0 aromatic rings. The Hall–Kier alpha value is -0.300. The van der Waals surface area contributed by atoms with Crippen molar-refractivity contribution in [3.05, 3.63) is 12.7 Å². The highest BCUT2D eigenvalue weighted by atomic mass is 14.9. The molecule has 0 spiro atoms. The molecule has 0 bridgehead atoms. The van der Waals surface area contributed by atoms with E-state index in [1.165, 1.54) is 25.7 Å². The van der Waals surface area contributed by atoms with Crippen LogP contribution in [0.4, 0.5) is 0 Å². The molecule has 0 aromatic carbocycles. The van der Waals surface area contributed by atoms with Gasteiger partial charge in [0.05, 0.1) is 0 Å². The fourth-order valence-electron chi connectivity index (χ4n) is 1.80. The average Bonchev–Trinajstić information content (AvgIpc) is 2.23. The standard InChI is InChI=1S/C14H29N/c1-6-9-10-11-13(15-12-7-2)14(4,5)8-3/h6,13,15H,1,7-12H2,2-5H3. The van der Waals surface area contributed by atoms with E-state index < -0.39 is 0 Å². The first-order valence-electron chi connectivity index (χ1n) is 6.42. The van der Waals surface area contributed by atoms with Crippen LogP contribution in [0.25, 0.3) is 0 Å². The molecule has 1 N–H and O–H groups in total. The summed E-state index contributed by atoms with van der Waals surface area (Å²) in [4.78, 5) is 0. The molecule has 0 aliphatic carbocycles. The van der Waals surface area contributed by atoms with Crippen molar-refractivity contribution in [3.8, 4) is 0 Å². The molecular weight excluding hydrogens is 182 g/mol. The highest BCUT2D eigenvalue weighted by Gasteiger charge is 2.26. The van der Waals surface area contributed by atoms with Gasteiger partial charge in [0, 0.05) is 6.04 Å². The molecular formula is C14H29N. The molecule has 0 saturated heterocycles. The SMILES string of the molecule is C=CCCCC(NCCC)C(C)(C)CC. The number of hydrogen-bond acceptors (Lipinski definition) is 1. The summed E-state index contributed by atoms with van der Waals surface area (Å²) in [5.41, 5.74) is 0.413. The van der Waals surface area contributed by atoms with Gasteiger partial charge in [-0.05, 0) is 44.1 Å². The zero-order valence-corrected chi connectivity index (χ0v) is 11.1. The first kappa shape index (κ1) is 14.7. The van der Waals surface area contributed by atoms with Crippen LogP contribution in [0.15, 0.2) is 12.7 Å². The Balaban J connectivity index is 4.10. The van der Waals surface area contributed by atoms with E-state index in [9.17, 15) is 0 Å². The minimum Gasteiger partial charge on any atom is -0.313 e. The van der Waals surface area contributed by atoms with Gasteiger partial charge in [-0.2, -0.15) is 0 Å². The van der Waals surface area contributed by atoms with Crippen LogP contribution in [0.1, 0.15) is 59.8 Å². The van der Waals surface area contributed by atoms with Gasteiger partial charge in [-0.1, -0.05) is 33.8 Å². The van der Waals surface area contributed by atoms with Gasteiger partial charge in [0.2, 0.25) is 0 Å². The molecule has 0 aliphatic rings. The van der Waals surface area contributed by atoms with Crippen molar-refractivity contribution in [1.82, 2.24) is 5.32 Å². The highest BCUT2D eigenvalue weighted by Crippen LogP contribution is 2.28. The van der Waals surface area contributed by atoms with Gasteiger partial charge in [-0.3, -0.25) is 0 Å². The summed E-state index contributed by atoms with van der Waals surface area (Å²) in [6.45, 7) is 14.2. The second-order valence-corrected chi connectivity index (χ2v) is 5.07. The molecule has 0 amide bonds. The first-order chi connectivity index (χ1) is 7.08. The normalized spacial score (nSPS) is 13.9. The fraction of sp³-hybridized carbons (Fsp3) is 0.857. The summed E-state index contributed by atoms with van der Waals surface area (Å²) in [5.74, 6) is 0. The second kappa shape index (κ2) is 7.92. The van der Waals surface area contributed by atoms with Crippen LogP contribution in [0.3, 0.4) is 0 Å². The molecule has 1 nitrogen and oxygen atoms in total. The van der Waals surface area contributed by atoms with Crippen LogP contribution in [-0.4, -0.2) is 12.6 Å². The van der Waals surface area contributed by atoms with Gasteiger partial charge in [-0.15, -0.1) is 6.58 Å². The third kappa shape index (κ3) is 5.99. The van der Waals surface area contributed by atoms with E-state index in [1.54, 1.807) is 0 Å². The Morgan fingerprint density at radius 3 is 2.47 bits per heavy atom. The second-order valence-electron chi connectivity index (χ2n) is 5.07. The van der Waals surface area contributed by atoms with Gasteiger partial charge in [-0.25, -0.2) is 0 Å². The van der Waals surface area contributed by atoms with Crippen LogP contribution < -0.4 is 5.32 Å². The maximum Gasteiger partial charge on any atom is 0.0118 e. The minimum atomic E-state index is 0.413. The maximum absolute atomic E-state index is 3.78. The predicted octanol–water partition coefficient (Wildman–Crippen LogP) is 4.15. The molecule has 1 unspecified atom stereocenters. The molecule has 0 heterocycles. The summed E-state index contributed by atoms with van der Waals surface area (Å²) in [7, 11) is 0. The number of nitrogens with one attached hydrogen (secondary N) is 1. The minimum absolute atomic E-state index is 0.413. The molecule has 0 radical (unpaired) electrons. The number of unbranched alkanes of at least 4 members (excludes halogenated alkanes) is 1. The molecule has 0 aromatic heterocycles. The van der Waals surface area contributed by atoms with Crippen molar-refractivity contribution < 1.29 is 0 Å². The van der Waals surface area contributed by atoms with E-state index in [0.29, 0.717) is 11.5 Å². The Labute approximate surface area is 96.3 Å². The average molecular weight is 211 g/mol. The van der Waals surface area contributed by atoms with E-state index in [0.717, 1.165) is 13.0 Å². The topological polar surface area (TPSA) is 12.0 Å². The molecule has 0 saturated carbocycles. The van der Waals surface area contributed by atoms with Crippen LogP contribution in [0, 0.1) is 5.41 Å². The molecule has 15 heavy (non-hydrogen) atoms. The first-order valence-corrected chi connectivity index (χ1v) is 6.42. The van der Waals surface area contributed by atoms with Gasteiger partial charge in [0.25, 0.3) is 0 Å². The zero-order valence-electron chi connectivity index (χ0n) is 11.1. The summed E-state index contributed by atoms with van der Waals surface area (Å²) in [5, 5.41) is 3.69. The lowest BCUT2D eigenvalue weighted by Gasteiger charge is -2.34. The Bertz CT molecular complexity index is 161. The lowest BCUT2D eigenvalue weighted by atomic mass is 9.79. The maximum atomic E-state index is 3.78. The summed E-state index contributed by atoms with van der Waals surface area (Å²) < 4.78 is 0. The van der Waals surface area contributed by atoms with E-state index >= 15 is 0 Å². The van der Waals surface area contributed by atoms with Gasteiger partial charge < -0.3 is 5.32 Å². The molecule has 0 fully saturated rings. The van der Waals surface area contributed by atoms with Crippen molar-refractivity contribution in [3.63, 3.8) is 0 Å². The quantitative estimate of drug-likeness (QED) is 0.446. The van der Waals surface area contributed by atoms with E-state index in [1.807, 2.05) is 6.08 Å². The molecule has 1 atom stereocenters. The molecule has 0 aliphatic heterocycles. The summed E-state index contributed by atoms with van der Waals surface area (Å²) in [6, 6.07) is 0.655. The van der Waals surface area contributed by atoms with Gasteiger partial charge in [0.15, 0.2) is 0 Å². The van der Waals surface area contributed by atoms with E-state index in [4.69, 9.17) is 0 Å². The van der Waals surface area contributed by atoms with E-state index in [-0.39, 0.29) is 0 Å². The number of allylic oxidation sites excluding steroid dienone is 1. The van der Waals surface area contributed by atoms with Crippen molar-refractivity contribution in [2.45, 2.75) is 65.8 Å². The van der Waals surface area contributed by atoms with Crippen LogP contribution in [0.5, 0.6) is 0 Å². The van der Waals surface area contributed by atoms with E-state index in [2.05, 4.69) is 39.6 Å². The molecule has 1 heteroatoms. The highest BCUT2D eigenvalue weighted by molar-refractivity contribution is 4.83. The summed E-state index contributed by atoms with van der Waals surface area (Å²) >= 11 is 0. The van der Waals surface area contributed by atoms with Crippen molar-refractivity contribution in [2.24, 2.45) is 5.41 Å². The van der Waals surface area contributed by atoms with Crippen molar-refractivity contribution in [1.29, 1.82) is 0 Å². The lowest BCUT2D eigenvalue weighted by Crippen LogP contribution is -2.42. The van der Waals surface area contributed by atoms with Gasteiger partial charge >= 0.3 is 0 Å². The Morgan fingerprint density at radius 1 is 1.33 bits per heavy atom. The van der Waals surface area contributed by atoms with Crippen LogP contribution in [0.2, 0.25) is 0 Å². The largest absolute Gasteiger partial charge is 0.313 e. The fourth-order valence-corrected chi connectivity index (χ4v) is 1.80. The number of hydrogen-bond donors (Lipinski definition) is 1. The van der Waals surface area contributed by atoms with Crippen LogP contribution >= 0.6 is 0 Å². The van der Waals surface area contributed by atoms with Crippen molar-refractivity contribution >= 4 is 0 Å². The van der Waals surface area contributed by atoms with Crippen LogP contribution in [-0.2, 0) is 0 Å². The monoisotopic (exact) mass is 211 g/mol. The summed E-state index contributed by atoms with van der Waals surface area (Å²) in [6.07, 6.45) is 8.15. The zero-order chi connectivity index (χ0) is 11.7. The van der Waals surface area contributed by atoms with Crippen molar-refractivity contribution in [2.75, 3.05) is 6.54 Å². The Kier molecular flexibility index (Phi) is 7.76. The number of rotatable bonds is 9. The lowest BCUT2D eigenvalue weighted by molar-refractivity contribution is 0.218. The smallest absolute Gasteiger partial charge is 0.0118 e. The van der Waals surface area contributed by atoms with Gasteiger partial charge in [0.1, 0.15) is 0 Å². The molecule has 90 valence electrons. The molecule has 0 rings (SSSR count).